The molecule has 2 aromatic heterocycles. The van der Waals surface area contributed by atoms with Crippen LogP contribution in [0.5, 0.6) is 0 Å². The first kappa shape index (κ1) is 17.0. The first-order valence-electron chi connectivity index (χ1n) is 7.08. The highest BCUT2D eigenvalue weighted by Gasteiger charge is 2.13. The van der Waals surface area contributed by atoms with Crippen LogP contribution in [0.15, 0.2) is 35.7 Å². The fraction of sp³-hybridized carbons (Fsp3) is 0.0588. The number of halogens is 2. The van der Waals surface area contributed by atoms with E-state index in [9.17, 15) is 9.18 Å². The Hall–Kier alpha value is -2.82. The summed E-state index contributed by atoms with van der Waals surface area (Å²) in [5, 5.41) is 13.7. The van der Waals surface area contributed by atoms with Gasteiger partial charge in [-0.15, -0.1) is 11.3 Å². The lowest BCUT2D eigenvalue weighted by molar-refractivity contribution is 0.102. The Bertz CT molecular complexity index is 1010. The number of aromatic nitrogens is 2. The molecule has 0 aliphatic carbocycles. The summed E-state index contributed by atoms with van der Waals surface area (Å²) in [5.41, 5.74) is 2.32. The molecule has 124 valence electrons. The smallest absolute Gasteiger partial charge is 0.276 e. The number of nitrogens with one attached hydrogen (secondary N) is 1. The molecule has 0 atom stereocenters. The zero-order valence-electron chi connectivity index (χ0n) is 12.9. The van der Waals surface area contributed by atoms with Crippen molar-refractivity contribution in [2.45, 2.75) is 6.92 Å². The van der Waals surface area contributed by atoms with Gasteiger partial charge in [-0.1, -0.05) is 11.6 Å². The predicted molar refractivity (Wildman–Crippen MR) is 94.2 cm³/mol. The van der Waals surface area contributed by atoms with E-state index in [0.717, 1.165) is 0 Å². The lowest BCUT2D eigenvalue weighted by Crippen LogP contribution is -2.14. The fourth-order valence-corrected chi connectivity index (χ4v) is 2.98. The first-order chi connectivity index (χ1) is 12.0. The van der Waals surface area contributed by atoms with Crippen molar-refractivity contribution in [1.82, 2.24) is 9.97 Å². The van der Waals surface area contributed by atoms with Gasteiger partial charge in [0, 0.05) is 10.9 Å². The van der Waals surface area contributed by atoms with Gasteiger partial charge in [-0.05, 0) is 37.3 Å². The summed E-state index contributed by atoms with van der Waals surface area (Å²) in [6.07, 6.45) is 0. The van der Waals surface area contributed by atoms with E-state index in [4.69, 9.17) is 16.9 Å². The zero-order valence-corrected chi connectivity index (χ0v) is 14.5. The second kappa shape index (κ2) is 6.97. The second-order valence-corrected chi connectivity index (χ2v) is 6.33. The van der Waals surface area contributed by atoms with Crippen molar-refractivity contribution in [3.63, 3.8) is 0 Å². The van der Waals surface area contributed by atoms with Crippen molar-refractivity contribution in [3.8, 4) is 17.3 Å². The summed E-state index contributed by atoms with van der Waals surface area (Å²) in [7, 11) is 0. The van der Waals surface area contributed by atoms with Gasteiger partial charge in [0.2, 0.25) is 0 Å². The van der Waals surface area contributed by atoms with Crippen LogP contribution in [-0.4, -0.2) is 15.9 Å². The van der Waals surface area contributed by atoms with Crippen LogP contribution in [0.3, 0.4) is 0 Å². The number of anilines is 1. The van der Waals surface area contributed by atoms with Crippen LogP contribution in [0.1, 0.15) is 21.7 Å². The minimum Gasteiger partial charge on any atom is -0.296 e. The normalized spacial score (nSPS) is 10.3. The van der Waals surface area contributed by atoms with E-state index in [2.05, 4.69) is 15.3 Å². The number of carbonyl (C=O) groups excluding carboxylic acids is 1. The molecular formula is C17H10ClFN4OS. The lowest BCUT2D eigenvalue weighted by Gasteiger charge is -2.03. The molecule has 0 aliphatic rings. The minimum absolute atomic E-state index is 0.00773. The standard InChI is InChI=1S/C17H10ClFN4OS/c1-9-11(7-20)3-5-14(21-9)16(24)23-17-22-15(8-25-17)10-2-4-13(19)12(18)6-10/h2-6,8H,1H3,(H,22,23,24). The molecule has 0 aliphatic heterocycles. The third-order valence-corrected chi connectivity index (χ3v) is 4.43. The number of thiazole rings is 1. The predicted octanol–water partition coefficient (Wildman–Crippen LogP) is 4.43. The molecule has 0 spiro atoms. The topological polar surface area (TPSA) is 78.7 Å². The van der Waals surface area contributed by atoms with Gasteiger partial charge in [-0.25, -0.2) is 14.4 Å². The van der Waals surface area contributed by atoms with Crippen LogP contribution in [0.4, 0.5) is 9.52 Å². The van der Waals surface area contributed by atoms with Crippen LogP contribution in [0.2, 0.25) is 5.02 Å². The van der Waals surface area contributed by atoms with E-state index in [0.29, 0.717) is 27.6 Å². The summed E-state index contributed by atoms with van der Waals surface area (Å²) in [5.74, 6) is -0.929. The van der Waals surface area contributed by atoms with E-state index in [1.807, 2.05) is 6.07 Å². The maximum Gasteiger partial charge on any atom is 0.276 e. The van der Waals surface area contributed by atoms with E-state index >= 15 is 0 Å². The number of rotatable bonds is 3. The van der Waals surface area contributed by atoms with Gasteiger partial charge in [-0.3, -0.25) is 10.1 Å². The number of hydrogen-bond acceptors (Lipinski definition) is 5. The SMILES string of the molecule is Cc1nc(C(=O)Nc2nc(-c3ccc(F)c(Cl)c3)cs2)ccc1C#N. The molecule has 0 saturated carbocycles. The van der Waals surface area contributed by atoms with Gasteiger partial charge in [0.1, 0.15) is 17.6 Å². The summed E-state index contributed by atoms with van der Waals surface area (Å²) in [4.78, 5) is 20.7. The van der Waals surface area contributed by atoms with Crippen molar-refractivity contribution in [3.05, 3.63) is 63.5 Å². The Labute approximate surface area is 151 Å². The highest BCUT2D eigenvalue weighted by Crippen LogP contribution is 2.28. The van der Waals surface area contributed by atoms with Gasteiger partial charge in [0.05, 0.1) is 22.0 Å². The van der Waals surface area contributed by atoms with Crippen LogP contribution in [0, 0.1) is 24.1 Å². The van der Waals surface area contributed by atoms with Gasteiger partial charge >= 0.3 is 0 Å². The molecule has 3 rings (SSSR count). The molecule has 8 heteroatoms. The van der Waals surface area contributed by atoms with Crippen LogP contribution in [-0.2, 0) is 0 Å². The first-order valence-corrected chi connectivity index (χ1v) is 8.33. The number of amides is 1. The average Bonchev–Trinajstić information content (AvgIpc) is 3.05. The van der Waals surface area contributed by atoms with Crippen molar-refractivity contribution in [2.24, 2.45) is 0 Å². The maximum absolute atomic E-state index is 13.2. The second-order valence-electron chi connectivity index (χ2n) is 5.06. The molecule has 0 radical (unpaired) electrons. The van der Waals surface area contributed by atoms with E-state index < -0.39 is 11.7 Å². The van der Waals surface area contributed by atoms with Crippen molar-refractivity contribution in [1.29, 1.82) is 5.26 Å². The lowest BCUT2D eigenvalue weighted by atomic mass is 10.2. The molecule has 1 amide bonds. The Morgan fingerprint density at radius 3 is 2.80 bits per heavy atom. The maximum atomic E-state index is 13.2. The quantitative estimate of drug-likeness (QED) is 0.737. The van der Waals surface area contributed by atoms with E-state index in [1.54, 1.807) is 24.4 Å². The summed E-state index contributed by atoms with van der Waals surface area (Å²) >= 11 is 7.00. The van der Waals surface area contributed by atoms with Gasteiger partial charge in [0.15, 0.2) is 5.13 Å². The van der Waals surface area contributed by atoms with E-state index in [-0.39, 0.29) is 10.7 Å². The highest BCUT2D eigenvalue weighted by atomic mass is 35.5. The number of nitrogens with zero attached hydrogens (tertiary/aromatic N) is 3. The molecular weight excluding hydrogens is 363 g/mol. The van der Waals surface area contributed by atoms with Crippen LogP contribution < -0.4 is 5.32 Å². The van der Waals surface area contributed by atoms with Crippen molar-refractivity contribution >= 4 is 34.0 Å². The average molecular weight is 373 g/mol. The van der Waals surface area contributed by atoms with Crippen LogP contribution in [0.25, 0.3) is 11.3 Å². The Kier molecular flexibility index (Phi) is 4.74. The number of carbonyl (C=O) groups is 1. The number of hydrogen-bond donors (Lipinski definition) is 1. The zero-order chi connectivity index (χ0) is 18.0. The molecule has 2 heterocycles. The van der Waals surface area contributed by atoms with Gasteiger partial charge in [0.25, 0.3) is 5.91 Å². The summed E-state index contributed by atoms with van der Waals surface area (Å²) in [6, 6.07) is 9.33. The number of nitriles is 1. The minimum atomic E-state index is -0.503. The fourth-order valence-electron chi connectivity index (χ4n) is 2.09. The molecule has 0 unspecified atom stereocenters. The van der Waals surface area contributed by atoms with Crippen molar-refractivity contribution < 1.29 is 9.18 Å². The molecule has 3 aromatic rings. The number of pyridine rings is 1. The molecule has 25 heavy (non-hydrogen) atoms. The monoisotopic (exact) mass is 372 g/mol. The van der Waals surface area contributed by atoms with Crippen LogP contribution >= 0.6 is 22.9 Å². The number of benzene rings is 1. The highest BCUT2D eigenvalue weighted by molar-refractivity contribution is 7.14. The molecule has 5 nitrogen and oxygen atoms in total. The Morgan fingerprint density at radius 1 is 1.32 bits per heavy atom. The third kappa shape index (κ3) is 3.65. The Balaban J connectivity index is 1.79. The Morgan fingerprint density at radius 2 is 2.12 bits per heavy atom. The summed E-state index contributed by atoms with van der Waals surface area (Å²) < 4.78 is 13.2. The number of aryl methyl sites for hydroxylation is 1. The van der Waals surface area contributed by atoms with Gasteiger partial charge in [-0.2, -0.15) is 5.26 Å². The van der Waals surface area contributed by atoms with E-state index in [1.165, 1.54) is 29.5 Å². The molecule has 1 N–H and O–H groups in total. The molecule has 0 saturated heterocycles. The molecule has 0 fully saturated rings. The molecule has 1 aromatic carbocycles. The third-order valence-electron chi connectivity index (χ3n) is 3.38. The molecule has 0 bridgehead atoms. The van der Waals surface area contributed by atoms with Gasteiger partial charge < -0.3 is 0 Å². The summed E-state index contributed by atoms with van der Waals surface area (Å²) in [6.45, 7) is 1.66. The largest absolute Gasteiger partial charge is 0.296 e. The van der Waals surface area contributed by atoms with Crippen molar-refractivity contribution in [2.75, 3.05) is 5.32 Å².